The van der Waals surface area contributed by atoms with Gasteiger partial charge in [0.2, 0.25) is 0 Å². The Balaban J connectivity index is 2.10. The second-order valence-electron chi connectivity index (χ2n) is 5.83. The van der Waals surface area contributed by atoms with E-state index in [0.717, 1.165) is 31.2 Å². The van der Waals surface area contributed by atoms with E-state index in [1.807, 2.05) is 0 Å². The zero-order valence-electron chi connectivity index (χ0n) is 12.5. The van der Waals surface area contributed by atoms with Crippen LogP contribution in [0.5, 0.6) is 0 Å². The fourth-order valence-corrected chi connectivity index (χ4v) is 3.64. The van der Waals surface area contributed by atoms with Crippen LogP contribution in [0, 0.1) is 11.8 Å². The molecule has 1 saturated carbocycles. The van der Waals surface area contributed by atoms with E-state index in [4.69, 9.17) is 0 Å². The quantitative estimate of drug-likeness (QED) is 0.832. The normalized spacial score (nSPS) is 23.6. The Morgan fingerprint density at radius 2 is 2.16 bits per heavy atom. The summed E-state index contributed by atoms with van der Waals surface area (Å²) in [6.07, 6.45) is 4.64. The van der Waals surface area contributed by atoms with Crippen LogP contribution < -0.4 is 5.32 Å². The minimum absolute atomic E-state index is 0.603. The van der Waals surface area contributed by atoms with Crippen molar-refractivity contribution in [2.45, 2.75) is 52.5 Å². The molecule has 1 aliphatic carbocycles. The van der Waals surface area contributed by atoms with Crippen LogP contribution in [0.1, 0.15) is 45.0 Å². The number of hydrogen-bond acceptors (Lipinski definition) is 2. The molecule has 2 rings (SSSR count). The molecule has 0 saturated heterocycles. The van der Waals surface area contributed by atoms with Crippen LogP contribution in [0.15, 0.2) is 4.47 Å². The lowest BCUT2D eigenvalue weighted by Gasteiger charge is -2.19. The van der Waals surface area contributed by atoms with E-state index < -0.39 is 0 Å². The second-order valence-corrected chi connectivity index (χ2v) is 6.62. The average Bonchev–Trinajstić information content (AvgIpc) is 3.05. The highest BCUT2D eigenvalue weighted by Gasteiger charge is 2.39. The van der Waals surface area contributed by atoms with Gasteiger partial charge in [0.05, 0.1) is 15.9 Å². The van der Waals surface area contributed by atoms with E-state index in [1.165, 1.54) is 28.7 Å². The first kappa shape index (κ1) is 15.0. The van der Waals surface area contributed by atoms with E-state index in [-0.39, 0.29) is 0 Å². The van der Waals surface area contributed by atoms with E-state index in [1.54, 1.807) is 0 Å². The van der Waals surface area contributed by atoms with Gasteiger partial charge in [0.25, 0.3) is 0 Å². The Morgan fingerprint density at radius 3 is 2.63 bits per heavy atom. The number of hydrogen-bond donors (Lipinski definition) is 1. The van der Waals surface area contributed by atoms with Gasteiger partial charge in [-0.2, -0.15) is 5.10 Å². The number of aryl methyl sites for hydroxylation is 2. The molecular weight excluding hydrogens is 302 g/mol. The highest BCUT2D eigenvalue weighted by atomic mass is 79.9. The molecule has 108 valence electrons. The molecule has 19 heavy (non-hydrogen) atoms. The SMILES string of the molecule is CCCNC(Cc1c(Br)c(CC)nn1C)C1CC1C. The molecule has 1 N–H and O–H groups in total. The van der Waals surface area contributed by atoms with E-state index >= 15 is 0 Å². The first-order valence-electron chi connectivity index (χ1n) is 7.52. The summed E-state index contributed by atoms with van der Waals surface area (Å²) in [5.41, 5.74) is 2.51. The zero-order valence-corrected chi connectivity index (χ0v) is 14.1. The Morgan fingerprint density at radius 1 is 1.47 bits per heavy atom. The highest BCUT2D eigenvalue weighted by molar-refractivity contribution is 9.10. The van der Waals surface area contributed by atoms with Crippen molar-refractivity contribution in [2.75, 3.05) is 6.54 Å². The fourth-order valence-electron chi connectivity index (χ4n) is 2.87. The molecule has 3 unspecified atom stereocenters. The van der Waals surface area contributed by atoms with Crippen LogP contribution in [0.2, 0.25) is 0 Å². The summed E-state index contributed by atoms with van der Waals surface area (Å²) in [6, 6.07) is 0.603. The Labute approximate surface area is 125 Å². The van der Waals surface area contributed by atoms with Gasteiger partial charge >= 0.3 is 0 Å². The van der Waals surface area contributed by atoms with Gasteiger partial charge in [-0.15, -0.1) is 0 Å². The van der Waals surface area contributed by atoms with Crippen LogP contribution in [0.4, 0.5) is 0 Å². The summed E-state index contributed by atoms with van der Waals surface area (Å²) >= 11 is 3.73. The standard InChI is InChI=1S/C15H26BrN3/c1-5-7-17-13(11-8-10(11)3)9-14-15(16)12(6-2)18-19(14)4/h10-11,13,17H,5-9H2,1-4H3. The number of aromatic nitrogens is 2. The molecule has 0 spiro atoms. The van der Waals surface area contributed by atoms with Crippen molar-refractivity contribution in [3.63, 3.8) is 0 Å². The number of halogens is 1. The third-order valence-corrected chi connectivity index (χ3v) is 5.18. The molecule has 0 bridgehead atoms. The minimum atomic E-state index is 0.603. The van der Waals surface area contributed by atoms with Crippen LogP contribution in [-0.2, 0) is 19.9 Å². The molecule has 1 fully saturated rings. The molecule has 0 radical (unpaired) electrons. The van der Waals surface area contributed by atoms with E-state index in [2.05, 4.69) is 58.8 Å². The first-order valence-corrected chi connectivity index (χ1v) is 8.31. The van der Waals surface area contributed by atoms with Gasteiger partial charge in [0, 0.05) is 19.5 Å². The zero-order chi connectivity index (χ0) is 14.0. The first-order chi connectivity index (χ1) is 9.08. The predicted octanol–water partition coefficient (Wildman–Crippen LogP) is 3.31. The van der Waals surface area contributed by atoms with Gasteiger partial charge in [-0.3, -0.25) is 4.68 Å². The third kappa shape index (κ3) is 3.40. The van der Waals surface area contributed by atoms with Gasteiger partial charge < -0.3 is 5.32 Å². The summed E-state index contributed by atoms with van der Waals surface area (Å²) in [4.78, 5) is 0. The maximum atomic E-state index is 4.60. The predicted molar refractivity (Wildman–Crippen MR) is 83.3 cm³/mol. The van der Waals surface area contributed by atoms with Gasteiger partial charge in [-0.1, -0.05) is 20.8 Å². The molecule has 1 aromatic rings. The van der Waals surface area contributed by atoms with Crippen molar-refractivity contribution in [3.05, 3.63) is 15.9 Å². The largest absolute Gasteiger partial charge is 0.313 e. The molecule has 3 nitrogen and oxygen atoms in total. The number of nitrogens with one attached hydrogen (secondary N) is 1. The van der Waals surface area contributed by atoms with Crippen LogP contribution in [-0.4, -0.2) is 22.4 Å². The van der Waals surface area contributed by atoms with E-state index in [9.17, 15) is 0 Å². The van der Waals surface area contributed by atoms with Gasteiger partial charge in [-0.25, -0.2) is 0 Å². The monoisotopic (exact) mass is 327 g/mol. The summed E-state index contributed by atoms with van der Waals surface area (Å²) in [6.45, 7) is 7.87. The molecule has 4 heteroatoms. The van der Waals surface area contributed by atoms with Crippen LogP contribution >= 0.6 is 15.9 Å². The van der Waals surface area contributed by atoms with Crippen molar-refractivity contribution in [2.24, 2.45) is 18.9 Å². The highest BCUT2D eigenvalue weighted by Crippen LogP contribution is 2.42. The fraction of sp³-hybridized carbons (Fsp3) is 0.800. The minimum Gasteiger partial charge on any atom is -0.313 e. The third-order valence-electron chi connectivity index (χ3n) is 4.26. The summed E-state index contributed by atoms with van der Waals surface area (Å²) in [5.74, 6) is 1.73. The maximum absolute atomic E-state index is 4.60. The smallest absolute Gasteiger partial charge is 0.0766 e. The topological polar surface area (TPSA) is 29.9 Å². The van der Waals surface area contributed by atoms with Gasteiger partial charge in [-0.05, 0) is 53.6 Å². The van der Waals surface area contributed by atoms with Crippen molar-refractivity contribution in [1.82, 2.24) is 15.1 Å². The second kappa shape index (κ2) is 6.40. The van der Waals surface area contributed by atoms with Gasteiger partial charge in [0.1, 0.15) is 0 Å². The summed E-state index contributed by atoms with van der Waals surface area (Å²) in [7, 11) is 2.06. The van der Waals surface area contributed by atoms with Crippen molar-refractivity contribution < 1.29 is 0 Å². The summed E-state index contributed by atoms with van der Waals surface area (Å²) < 4.78 is 3.27. The summed E-state index contributed by atoms with van der Waals surface area (Å²) in [5, 5.41) is 8.33. The average molecular weight is 328 g/mol. The Hall–Kier alpha value is -0.350. The Bertz CT molecular complexity index is 427. The van der Waals surface area contributed by atoms with Gasteiger partial charge in [0.15, 0.2) is 0 Å². The molecule has 1 aliphatic rings. The molecule has 1 heterocycles. The van der Waals surface area contributed by atoms with Crippen molar-refractivity contribution in [1.29, 1.82) is 0 Å². The lowest BCUT2D eigenvalue weighted by atomic mass is 10.0. The van der Waals surface area contributed by atoms with E-state index in [0.29, 0.717) is 6.04 Å². The van der Waals surface area contributed by atoms with Crippen LogP contribution in [0.25, 0.3) is 0 Å². The lowest BCUT2D eigenvalue weighted by Crippen LogP contribution is -2.35. The number of nitrogens with zero attached hydrogens (tertiary/aromatic N) is 2. The molecule has 0 aliphatic heterocycles. The van der Waals surface area contributed by atoms with Crippen LogP contribution in [0.3, 0.4) is 0 Å². The molecular formula is C15H26BrN3. The molecule has 3 atom stereocenters. The number of rotatable bonds is 7. The Kier molecular flexibility index (Phi) is 5.07. The van der Waals surface area contributed by atoms with Crippen molar-refractivity contribution in [3.8, 4) is 0 Å². The maximum Gasteiger partial charge on any atom is 0.0766 e. The lowest BCUT2D eigenvalue weighted by molar-refractivity contribution is 0.433. The molecule has 1 aromatic heterocycles. The van der Waals surface area contributed by atoms with Crippen molar-refractivity contribution >= 4 is 15.9 Å². The molecule has 0 amide bonds. The molecule has 0 aromatic carbocycles.